The number of methoxy groups -OCH3 is 2. The molecule has 0 bridgehead atoms. The Morgan fingerprint density at radius 1 is 0.958 bits per heavy atom. The van der Waals surface area contributed by atoms with Crippen LogP contribution in [-0.2, 0) is 6.54 Å². The molecule has 0 unspecified atom stereocenters. The van der Waals surface area contributed by atoms with Crippen molar-refractivity contribution < 1.29 is 14.3 Å². The van der Waals surface area contributed by atoms with E-state index in [9.17, 15) is 4.79 Å². The highest BCUT2D eigenvalue weighted by Gasteiger charge is 2.12. The molecule has 0 aliphatic carbocycles. The Kier molecular flexibility index (Phi) is 4.61. The average molecular weight is 322 g/mol. The molecule has 0 saturated carbocycles. The number of imidazole rings is 1. The first-order chi connectivity index (χ1) is 11.7. The number of hydrogen-bond acceptors (Lipinski definition) is 4. The van der Waals surface area contributed by atoms with Gasteiger partial charge in [-0.3, -0.25) is 4.79 Å². The Hall–Kier alpha value is -3.08. The number of benzene rings is 2. The van der Waals surface area contributed by atoms with E-state index in [0.29, 0.717) is 17.8 Å². The summed E-state index contributed by atoms with van der Waals surface area (Å²) in [6.07, 6.45) is 3.43. The second-order valence-corrected chi connectivity index (χ2v) is 5.34. The van der Waals surface area contributed by atoms with Gasteiger partial charge in [-0.25, -0.2) is 4.98 Å². The van der Waals surface area contributed by atoms with E-state index in [1.807, 2.05) is 28.8 Å². The minimum Gasteiger partial charge on any atom is -0.497 e. The van der Waals surface area contributed by atoms with Crippen molar-refractivity contribution in [2.24, 2.45) is 0 Å². The molecule has 0 atom stereocenters. The van der Waals surface area contributed by atoms with Gasteiger partial charge in [0.05, 0.1) is 20.5 Å². The number of hydrogen-bond donors (Lipinski definition) is 0. The van der Waals surface area contributed by atoms with E-state index in [1.54, 1.807) is 51.0 Å². The van der Waals surface area contributed by atoms with E-state index in [0.717, 1.165) is 17.1 Å². The molecule has 5 heteroatoms. The Labute approximate surface area is 140 Å². The van der Waals surface area contributed by atoms with Crippen LogP contribution in [0, 0.1) is 0 Å². The lowest BCUT2D eigenvalue weighted by Crippen LogP contribution is -2.02. The van der Waals surface area contributed by atoms with Crippen molar-refractivity contribution >= 4 is 5.78 Å². The highest BCUT2D eigenvalue weighted by atomic mass is 16.5. The van der Waals surface area contributed by atoms with Crippen LogP contribution in [0.4, 0.5) is 0 Å². The maximum atomic E-state index is 12.5. The van der Waals surface area contributed by atoms with Crippen molar-refractivity contribution in [3.8, 4) is 11.5 Å². The predicted octanol–water partition coefficient (Wildman–Crippen LogP) is 3.18. The van der Waals surface area contributed by atoms with Gasteiger partial charge in [0.2, 0.25) is 5.78 Å². The number of nitrogens with zero attached hydrogens (tertiary/aromatic N) is 2. The number of ketones is 1. The van der Waals surface area contributed by atoms with Crippen molar-refractivity contribution in [1.82, 2.24) is 9.55 Å². The highest BCUT2D eigenvalue weighted by Crippen LogP contribution is 2.15. The second-order valence-electron chi connectivity index (χ2n) is 5.34. The van der Waals surface area contributed by atoms with Crippen molar-refractivity contribution in [1.29, 1.82) is 0 Å². The van der Waals surface area contributed by atoms with Crippen LogP contribution in [0.2, 0.25) is 0 Å². The maximum Gasteiger partial charge on any atom is 0.212 e. The molecule has 1 aromatic heterocycles. The van der Waals surface area contributed by atoms with Gasteiger partial charge in [-0.15, -0.1) is 0 Å². The van der Waals surface area contributed by atoms with Crippen molar-refractivity contribution in [2.75, 3.05) is 14.2 Å². The summed E-state index contributed by atoms with van der Waals surface area (Å²) in [7, 11) is 3.24. The molecular formula is C19H18N2O3. The zero-order valence-electron chi connectivity index (χ0n) is 13.6. The number of ether oxygens (including phenoxy) is 2. The van der Waals surface area contributed by atoms with Gasteiger partial charge in [0.15, 0.2) is 0 Å². The number of carbonyl (C=O) groups excluding carboxylic acids is 1. The molecule has 2 aromatic carbocycles. The van der Waals surface area contributed by atoms with Crippen LogP contribution in [0.3, 0.4) is 0 Å². The average Bonchev–Trinajstić information content (AvgIpc) is 3.10. The summed E-state index contributed by atoms with van der Waals surface area (Å²) in [6.45, 7) is 0.646. The number of rotatable bonds is 6. The second kappa shape index (κ2) is 7.00. The lowest BCUT2D eigenvalue weighted by molar-refractivity contribution is 0.103. The molecular weight excluding hydrogens is 304 g/mol. The normalized spacial score (nSPS) is 10.4. The largest absolute Gasteiger partial charge is 0.497 e. The molecule has 0 N–H and O–H groups in total. The molecule has 3 rings (SSSR count). The molecule has 0 fully saturated rings. The van der Waals surface area contributed by atoms with Crippen LogP contribution in [0.5, 0.6) is 11.5 Å². The molecule has 0 spiro atoms. The van der Waals surface area contributed by atoms with Crippen LogP contribution >= 0.6 is 0 Å². The molecule has 0 amide bonds. The number of carbonyl (C=O) groups is 1. The highest BCUT2D eigenvalue weighted by molar-refractivity contribution is 6.07. The first-order valence-corrected chi connectivity index (χ1v) is 7.53. The molecule has 0 aliphatic heterocycles. The van der Waals surface area contributed by atoms with Gasteiger partial charge in [0, 0.05) is 18.3 Å². The Bertz CT molecular complexity index is 821. The summed E-state index contributed by atoms with van der Waals surface area (Å²) in [5.74, 6) is 1.43. The van der Waals surface area contributed by atoms with Crippen molar-refractivity contribution in [3.05, 3.63) is 77.9 Å². The van der Waals surface area contributed by atoms with Crippen LogP contribution in [0.25, 0.3) is 0 Å². The zero-order chi connectivity index (χ0) is 16.9. The lowest BCUT2D eigenvalue weighted by atomic mass is 10.1. The lowest BCUT2D eigenvalue weighted by Gasteiger charge is -2.04. The fourth-order valence-electron chi connectivity index (χ4n) is 2.40. The summed E-state index contributed by atoms with van der Waals surface area (Å²) in [5, 5.41) is 0. The molecule has 0 aliphatic rings. The molecule has 3 aromatic rings. The van der Waals surface area contributed by atoms with Crippen LogP contribution in [0.1, 0.15) is 21.6 Å². The molecule has 0 radical (unpaired) electrons. The topological polar surface area (TPSA) is 53.4 Å². The molecule has 122 valence electrons. The minimum atomic E-state index is -0.105. The summed E-state index contributed by atoms with van der Waals surface area (Å²) in [4.78, 5) is 16.7. The number of aromatic nitrogens is 2. The van der Waals surface area contributed by atoms with Gasteiger partial charge in [-0.2, -0.15) is 0 Å². The summed E-state index contributed by atoms with van der Waals surface area (Å²) in [5.41, 5.74) is 2.12. The SMILES string of the molecule is COc1ccc(Cn2cnc(C(=O)c3ccc(OC)cc3)c2)cc1. The van der Waals surface area contributed by atoms with Crippen molar-refractivity contribution in [3.63, 3.8) is 0 Å². The van der Waals surface area contributed by atoms with E-state index in [2.05, 4.69) is 4.98 Å². The van der Waals surface area contributed by atoms with E-state index in [4.69, 9.17) is 9.47 Å². The third-order valence-electron chi connectivity index (χ3n) is 3.74. The fourth-order valence-corrected chi connectivity index (χ4v) is 2.40. The predicted molar refractivity (Wildman–Crippen MR) is 90.7 cm³/mol. The Morgan fingerprint density at radius 2 is 1.54 bits per heavy atom. The summed E-state index contributed by atoms with van der Waals surface area (Å²) in [6, 6.07) is 14.8. The zero-order valence-corrected chi connectivity index (χ0v) is 13.6. The molecule has 1 heterocycles. The maximum absolute atomic E-state index is 12.5. The summed E-state index contributed by atoms with van der Waals surface area (Å²) < 4.78 is 12.1. The van der Waals surface area contributed by atoms with Gasteiger partial charge in [-0.1, -0.05) is 12.1 Å². The van der Waals surface area contributed by atoms with Gasteiger partial charge in [-0.05, 0) is 42.0 Å². The van der Waals surface area contributed by atoms with Crippen LogP contribution < -0.4 is 9.47 Å². The first kappa shape index (κ1) is 15.8. The molecule has 0 saturated heterocycles. The minimum absolute atomic E-state index is 0.105. The van der Waals surface area contributed by atoms with E-state index >= 15 is 0 Å². The monoisotopic (exact) mass is 322 g/mol. The third kappa shape index (κ3) is 3.46. The third-order valence-corrected chi connectivity index (χ3v) is 3.74. The molecule has 5 nitrogen and oxygen atoms in total. The molecule has 24 heavy (non-hydrogen) atoms. The van der Waals surface area contributed by atoms with Crippen LogP contribution in [0.15, 0.2) is 61.1 Å². The summed E-state index contributed by atoms with van der Waals surface area (Å²) >= 11 is 0. The Morgan fingerprint density at radius 3 is 2.12 bits per heavy atom. The van der Waals surface area contributed by atoms with Gasteiger partial charge in [0.1, 0.15) is 17.2 Å². The van der Waals surface area contributed by atoms with Crippen LogP contribution in [-0.4, -0.2) is 29.6 Å². The van der Waals surface area contributed by atoms with E-state index in [-0.39, 0.29) is 5.78 Å². The van der Waals surface area contributed by atoms with Gasteiger partial charge < -0.3 is 14.0 Å². The van der Waals surface area contributed by atoms with Gasteiger partial charge in [0.25, 0.3) is 0 Å². The smallest absolute Gasteiger partial charge is 0.212 e. The first-order valence-electron chi connectivity index (χ1n) is 7.53. The van der Waals surface area contributed by atoms with E-state index in [1.165, 1.54) is 0 Å². The quantitative estimate of drug-likeness (QED) is 0.654. The fraction of sp³-hybridized carbons (Fsp3) is 0.158. The standard InChI is InChI=1S/C19H18N2O3/c1-23-16-7-3-14(4-8-16)11-21-12-18(20-13-21)19(22)15-5-9-17(24-2)10-6-15/h3-10,12-13H,11H2,1-2H3. The Balaban J connectivity index is 1.72. The van der Waals surface area contributed by atoms with E-state index < -0.39 is 0 Å². The van der Waals surface area contributed by atoms with Gasteiger partial charge >= 0.3 is 0 Å². The van der Waals surface area contributed by atoms with Crippen molar-refractivity contribution in [2.45, 2.75) is 6.54 Å².